The van der Waals surface area contributed by atoms with E-state index in [9.17, 15) is 4.39 Å². The lowest BCUT2D eigenvalue weighted by molar-refractivity contribution is 0.620. The van der Waals surface area contributed by atoms with Crippen molar-refractivity contribution in [2.24, 2.45) is 0 Å². The van der Waals surface area contributed by atoms with Crippen LogP contribution in [0.4, 0.5) is 4.39 Å². The largest absolute Gasteiger partial charge is 0.232 e. The quantitative estimate of drug-likeness (QED) is 0.695. The number of nitrogens with zero attached hydrogens (tertiary/aromatic N) is 2. The highest BCUT2D eigenvalue weighted by Gasteiger charge is 2.09. The van der Waals surface area contributed by atoms with E-state index in [4.69, 9.17) is 11.6 Å². The van der Waals surface area contributed by atoms with Crippen molar-refractivity contribution < 1.29 is 4.39 Å². The Labute approximate surface area is 92.1 Å². The van der Waals surface area contributed by atoms with Crippen molar-refractivity contribution in [3.8, 4) is 0 Å². The zero-order valence-corrected chi connectivity index (χ0v) is 9.27. The van der Waals surface area contributed by atoms with Crippen LogP contribution in [0.15, 0.2) is 12.1 Å². The Balaban J connectivity index is 2.86. The van der Waals surface area contributed by atoms with Gasteiger partial charge in [0.05, 0.1) is 5.52 Å². The second-order valence-corrected chi connectivity index (χ2v) is 3.71. The van der Waals surface area contributed by atoms with Gasteiger partial charge < -0.3 is 0 Å². The van der Waals surface area contributed by atoms with Crippen LogP contribution in [0.2, 0.25) is 5.15 Å². The van der Waals surface area contributed by atoms with E-state index in [-0.39, 0.29) is 5.82 Å². The maximum Gasteiger partial charge on any atom is 0.140 e. The third-order valence-electron chi connectivity index (χ3n) is 2.37. The fourth-order valence-electron chi connectivity index (χ4n) is 1.47. The lowest BCUT2D eigenvalue weighted by Crippen LogP contribution is -1.97. The van der Waals surface area contributed by atoms with Gasteiger partial charge >= 0.3 is 0 Å². The molecule has 1 aromatic carbocycles. The number of aromatic nitrogens is 2. The average molecular weight is 225 g/mol. The molecule has 0 unspecified atom stereocenters. The summed E-state index contributed by atoms with van der Waals surface area (Å²) in [6.07, 6.45) is 0.686. The monoisotopic (exact) mass is 224 g/mol. The molecule has 15 heavy (non-hydrogen) atoms. The maximum absolute atomic E-state index is 13.3. The molecular formula is C11H10ClFN2. The van der Waals surface area contributed by atoms with Gasteiger partial charge in [0.1, 0.15) is 16.8 Å². The summed E-state index contributed by atoms with van der Waals surface area (Å²) in [7, 11) is 0. The van der Waals surface area contributed by atoms with Gasteiger partial charge in [0, 0.05) is 17.4 Å². The number of benzene rings is 1. The first-order valence-corrected chi connectivity index (χ1v) is 5.12. The Hall–Kier alpha value is -1.22. The molecule has 0 radical (unpaired) electrons. The molecule has 0 fully saturated rings. The van der Waals surface area contributed by atoms with Crippen molar-refractivity contribution in [1.82, 2.24) is 9.97 Å². The minimum Gasteiger partial charge on any atom is -0.232 e. The molecule has 0 saturated carbocycles. The van der Waals surface area contributed by atoms with Crippen molar-refractivity contribution in [1.29, 1.82) is 0 Å². The highest BCUT2D eigenvalue weighted by atomic mass is 35.5. The summed E-state index contributed by atoms with van der Waals surface area (Å²) in [5, 5.41) is 1.09. The molecule has 1 aromatic heterocycles. The second kappa shape index (κ2) is 3.74. The SMILES string of the molecule is CCc1nc(Cl)c2ccc(F)c(C)c2n1. The molecule has 0 aliphatic heterocycles. The van der Waals surface area contributed by atoms with Gasteiger partial charge in [-0.1, -0.05) is 18.5 Å². The van der Waals surface area contributed by atoms with Gasteiger partial charge in [-0.25, -0.2) is 14.4 Å². The molecule has 0 spiro atoms. The molecule has 0 amide bonds. The summed E-state index contributed by atoms with van der Waals surface area (Å²) in [5.41, 5.74) is 1.12. The fourth-order valence-corrected chi connectivity index (χ4v) is 1.72. The molecule has 78 valence electrons. The second-order valence-electron chi connectivity index (χ2n) is 3.35. The predicted molar refractivity (Wildman–Crippen MR) is 58.6 cm³/mol. The molecular weight excluding hydrogens is 215 g/mol. The van der Waals surface area contributed by atoms with E-state index < -0.39 is 0 Å². The Morgan fingerprint density at radius 1 is 1.33 bits per heavy atom. The zero-order chi connectivity index (χ0) is 11.0. The van der Waals surface area contributed by atoms with Crippen molar-refractivity contribution in [3.05, 3.63) is 34.5 Å². The summed E-state index contributed by atoms with van der Waals surface area (Å²) < 4.78 is 13.3. The molecule has 4 heteroatoms. The Morgan fingerprint density at radius 2 is 2.07 bits per heavy atom. The summed E-state index contributed by atoms with van der Waals surface area (Å²) in [6.45, 7) is 3.63. The Bertz CT molecular complexity index is 525. The van der Waals surface area contributed by atoms with E-state index in [1.54, 1.807) is 13.0 Å². The number of hydrogen-bond donors (Lipinski definition) is 0. The summed E-state index contributed by atoms with van der Waals surface area (Å²) >= 11 is 5.99. The van der Waals surface area contributed by atoms with Crippen LogP contribution in [0.1, 0.15) is 18.3 Å². The first kappa shape index (κ1) is 10.3. The van der Waals surface area contributed by atoms with Gasteiger partial charge in [0.25, 0.3) is 0 Å². The predicted octanol–water partition coefficient (Wildman–Crippen LogP) is 3.29. The number of fused-ring (bicyclic) bond motifs is 1. The van der Waals surface area contributed by atoms with Gasteiger partial charge in [-0.05, 0) is 19.1 Å². The molecule has 0 saturated heterocycles. The number of hydrogen-bond acceptors (Lipinski definition) is 2. The van der Waals surface area contributed by atoms with Gasteiger partial charge in [-0.15, -0.1) is 0 Å². The maximum atomic E-state index is 13.3. The Kier molecular flexibility index (Phi) is 2.57. The van der Waals surface area contributed by atoms with E-state index in [1.165, 1.54) is 6.07 Å². The topological polar surface area (TPSA) is 25.8 Å². The normalized spacial score (nSPS) is 10.9. The number of aryl methyl sites for hydroxylation is 2. The van der Waals surface area contributed by atoms with Crippen LogP contribution in [-0.4, -0.2) is 9.97 Å². The van der Waals surface area contributed by atoms with Crippen LogP contribution >= 0.6 is 11.6 Å². The summed E-state index contributed by atoms with van der Waals surface area (Å²) in [6, 6.07) is 3.00. The van der Waals surface area contributed by atoms with Crippen LogP contribution in [0.25, 0.3) is 10.9 Å². The number of halogens is 2. The van der Waals surface area contributed by atoms with E-state index >= 15 is 0 Å². The minimum atomic E-state index is -0.265. The van der Waals surface area contributed by atoms with E-state index in [0.29, 0.717) is 33.9 Å². The average Bonchev–Trinajstić information content (AvgIpc) is 2.23. The molecule has 1 heterocycles. The van der Waals surface area contributed by atoms with Crippen molar-refractivity contribution in [2.45, 2.75) is 20.3 Å². The van der Waals surface area contributed by atoms with Gasteiger partial charge in [0.15, 0.2) is 0 Å². The first-order valence-electron chi connectivity index (χ1n) is 4.74. The zero-order valence-electron chi connectivity index (χ0n) is 8.51. The van der Waals surface area contributed by atoms with Gasteiger partial charge in [0.2, 0.25) is 0 Å². The van der Waals surface area contributed by atoms with Crippen LogP contribution < -0.4 is 0 Å². The van der Waals surface area contributed by atoms with Crippen molar-refractivity contribution in [3.63, 3.8) is 0 Å². The Morgan fingerprint density at radius 3 is 2.73 bits per heavy atom. The third-order valence-corrected chi connectivity index (χ3v) is 2.66. The van der Waals surface area contributed by atoms with Crippen LogP contribution in [-0.2, 0) is 6.42 Å². The molecule has 2 rings (SSSR count). The standard InChI is InChI=1S/C11H10ClFN2/c1-3-9-14-10-6(2)8(13)5-4-7(10)11(12)15-9/h4-5H,3H2,1-2H3. The van der Waals surface area contributed by atoms with Gasteiger partial charge in [-0.3, -0.25) is 0 Å². The third kappa shape index (κ3) is 1.67. The molecule has 0 aliphatic carbocycles. The summed E-state index contributed by atoms with van der Waals surface area (Å²) in [5.74, 6) is 0.375. The van der Waals surface area contributed by atoms with E-state index in [1.807, 2.05) is 6.92 Å². The summed E-state index contributed by atoms with van der Waals surface area (Å²) in [4.78, 5) is 8.40. The van der Waals surface area contributed by atoms with Gasteiger partial charge in [-0.2, -0.15) is 0 Å². The molecule has 0 bridgehead atoms. The highest BCUT2D eigenvalue weighted by molar-refractivity contribution is 6.34. The van der Waals surface area contributed by atoms with Crippen molar-refractivity contribution >= 4 is 22.5 Å². The molecule has 0 N–H and O–H groups in total. The van der Waals surface area contributed by atoms with Crippen LogP contribution in [0.5, 0.6) is 0 Å². The lowest BCUT2D eigenvalue weighted by Gasteiger charge is -2.05. The number of rotatable bonds is 1. The molecule has 2 aromatic rings. The lowest BCUT2D eigenvalue weighted by atomic mass is 10.1. The van der Waals surface area contributed by atoms with Crippen LogP contribution in [0.3, 0.4) is 0 Å². The van der Waals surface area contributed by atoms with E-state index in [0.717, 1.165) is 0 Å². The first-order chi connectivity index (χ1) is 7.13. The molecule has 0 atom stereocenters. The highest BCUT2D eigenvalue weighted by Crippen LogP contribution is 2.24. The van der Waals surface area contributed by atoms with Crippen LogP contribution in [0, 0.1) is 12.7 Å². The van der Waals surface area contributed by atoms with Crippen molar-refractivity contribution in [2.75, 3.05) is 0 Å². The smallest absolute Gasteiger partial charge is 0.140 e. The molecule has 2 nitrogen and oxygen atoms in total. The fraction of sp³-hybridized carbons (Fsp3) is 0.273. The minimum absolute atomic E-state index is 0.265. The van der Waals surface area contributed by atoms with E-state index in [2.05, 4.69) is 9.97 Å². The molecule has 0 aliphatic rings.